The Morgan fingerprint density at radius 3 is 2.82 bits per heavy atom. The maximum Gasteiger partial charge on any atom is 0.102 e. The predicted octanol–water partition coefficient (Wildman–Crippen LogP) is 2.08. The van der Waals surface area contributed by atoms with Crippen LogP contribution in [0.2, 0.25) is 0 Å². The number of hydrogen-bond acceptors (Lipinski definition) is 1. The van der Waals surface area contributed by atoms with Gasteiger partial charge in [0.2, 0.25) is 0 Å². The Kier molecular flexibility index (Phi) is 3.31. The van der Waals surface area contributed by atoms with Crippen LogP contribution in [0.3, 0.4) is 0 Å². The van der Waals surface area contributed by atoms with E-state index in [9.17, 15) is 4.39 Å². The van der Waals surface area contributed by atoms with Crippen LogP contribution in [0.5, 0.6) is 0 Å². The van der Waals surface area contributed by atoms with Crippen LogP contribution in [0.15, 0.2) is 0 Å². The lowest BCUT2D eigenvalue weighted by Crippen LogP contribution is -2.43. The first-order chi connectivity index (χ1) is 5.25. The molecule has 0 radical (unpaired) electrons. The largest absolute Gasteiger partial charge is 0.298 e. The Morgan fingerprint density at radius 1 is 1.45 bits per heavy atom. The number of alkyl halides is 1. The molecule has 0 unspecified atom stereocenters. The molecule has 0 saturated carbocycles. The van der Waals surface area contributed by atoms with Crippen LogP contribution in [-0.4, -0.2) is 30.7 Å². The smallest absolute Gasteiger partial charge is 0.102 e. The Morgan fingerprint density at radius 2 is 2.18 bits per heavy atom. The van der Waals surface area contributed by atoms with Crippen molar-refractivity contribution in [2.45, 2.75) is 32.7 Å². The summed E-state index contributed by atoms with van der Waals surface area (Å²) in [6.07, 6.45) is 2.55. The summed E-state index contributed by atoms with van der Waals surface area (Å²) < 4.78 is 12.0. The van der Waals surface area contributed by atoms with Gasteiger partial charge in [0.25, 0.3) is 0 Å². The van der Waals surface area contributed by atoms with Gasteiger partial charge in [0.1, 0.15) is 6.67 Å². The molecule has 0 aliphatic carbocycles. The number of likely N-dealkylation sites (tertiary alicyclic amines) is 1. The molecule has 11 heavy (non-hydrogen) atoms. The van der Waals surface area contributed by atoms with E-state index in [1.54, 1.807) is 0 Å². The molecule has 1 saturated heterocycles. The van der Waals surface area contributed by atoms with Gasteiger partial charge >= 0.3 is 0 Å². The minimum atomic E-state index is -0.197. The molecular formula is C9H18FN. The third kappa shape index (κ3) is 2.16. The normalized spacial score (nSPS) is 34.1. The van der Waals surface area contributed by atoms with Gasteiger partial charge in [-0.05, 0) is 32.2 Å². The Hall–Kier alpha value is -0.110. The Bertz CT molecular complexity index is 114. The molecule has 1 aliphatic heterocycles. The molecule has 0 bridgehead atoms. The average molecular weight is 159 g/mol. The molecule has 1 nitrogen and oxygen atoms in total. The van der Waals surface area contributed by atoms with Crippen molar-refractivity contribution in [1.82, 2.24) is 4.90 Å². The second-order valence-corrected chi connectivity index (χ2v) is 3.59. The first kappa shape index (κ1) is 8.98. The maximum absolute atomic E-state index is 12.0. The van der Waals surface area contributed by atoms with Crippen molar-refractivity contribution >= 4 is 0 Å². The number of nitrogens with zero attached hydrogens (tertiary/aromatic N) is 1. The van der Waals surface area contributed by atoms with E-state index in [2.05, 4.69) is 18.7 Å². The van der Waals surface area contributed by atoms with Crippen LogP contribution in [0.25, 0.3) is 0 Å². The van der Waals surface area contributed by atoms with E-state index < -0.39 is 0 Å². The highest BCUT2D eigenvalue weighted by atomic mass is 19.1. The number of rotatable bonds is 2. The highest BCUT2D eigenvalue weighted by Crippen LogP contribution is 2.21. The summed E-state index contributed by atoms with van der Waals surface area (Å²) in [5.74, 6) is 0.746. The summed E-state index contributed by atoms with van der Waals surface area (Å²) in [6.45, 7) is 5.99. The van der Waals surface area contributed by atoms with E-state index in [0.29, 0.717) is 12.6 Å². The zero-order valence-electron chi connectivity index (χ0n) is 7.52. The second-order valence-electron chi connectivity index (χ2n) is 3.59. The van der Waals surface area contributed by atoms with Gasteiger partial charge in [-0.3, -0.25) is 4.90 Å². The SMILES string of the molecule is C[C@H]1CCCN(CCF)[C@H]1C. The van der Waals surface area contributed by atoms with Crippen LogP contribution in [0, 0.1) is 5.92 Å². The lowest BCUT2D eigenvalue weighted by Gasteiger charge is -2.37. The number of hydrogen-bond donors (Lipinski definition) is 0. The third-order valence-electron chi connectivity index (χ3n) is 2.88. The summed E-state index contributed by atoms with van der Waals surface area (Å²) in [5, 5.41) is 0. The summed E-state index contributed by atoms with van der Waals surface area (Å²) in [7, 11) is 0. The lowest BCUT2D eigenvalue weighted by atomic mass is 9.92. The van der Waals surface area contributed by atoms with Crippen molar-refractivity contribution in [3.63, 3.8) is 0 Å². The Labute approximate surface area is 68.6 Å². The predicted molar refractivity (Wildman–Crippen MR) is 45.4 cm³/mol. The van der Waals surface area contributed by atoms with Gasteiger partial charge in [0, 0.05) is 12.6 Å². The van der Waals surface area contributed by atoms with Crippen molar-refractivity contribution < 1.29 is 4.39 Å². The van der Waals surface area contributed by atoms with Gasteiger partial charge in [-0.15, -0.1) is 0 Å². The molecule has 0 aromatic carbocycles. The monoisotopic (exact) mass is 159 g/mol. The summed E-state index contributed by atoms with van der Waals surface area (Å²) >= 11 is 0. The molecule has 0 amide bonds. The molecule has 1 heterocycles. The number of piperidine rings is 1. The Balaban J connectivity index is 2.38. The highest BCUT2D eigenvalue weighted by molar-refractivity contribution is 4.77. The fraction of sp³-hybridized carbons (Fsp3) is 1.00. The van der Waals surface area contributed by atoms with E-state index >= 15 is 0 Å². The summed E-state index contributed by atoms with van der Waals surface area (Å²) in [6, 6.07) is 0.583. The van der Waals surface area contributed by atoms with Gasteiger partial charge < -0.3 is 0 Å². The molecule has 2 heteroatoms. The first-order valence-corrected chi connectivity index (χ1v) is 4.55. The standard InChI is InChI=1S/C9H18FN/c1-8-4-3-6-11(7-5-10)9(8)2/h8-9H,3-7H2,1-2H3/t8-,9-/m0/s1. The number of halogens is 1. The summed E-state index contributed by atoms with van der Waals surface area (Å²) in [5.41, 5.74) is 0. The molecule has 0 N–H and O–H groups in total. The summed E-state index contributed by atoms with van der Waals surface area (Å²) in [4.78, 5) is 2.26. The molecule has 0 aromatic heterocycles. The van der Waals surface area contributed by atoms with Crippen LogP contribution < -0.4 is 0 Å². The van der Waals surface area contributed by atoms with Gasteiger partial charge in [0.15, 0.2) is 0 Å². The molecule has 0 aromatic rings. The van der Waals surface area contributed by atoms with E-state index in [1.165, 1.54) is 12.8 Å². The minimum Gasteiger partial charge on any atom is -0.298 e. The van der Waals surface area contributed by atoms with Gasteiger partial charge in [-0.1, -0.05) is 6.92 Å². The lowest BCUT2D eigenvalue weighted by molar-refractivity contribution is 0.106. The molecule has 0 spiro atoms. The molecule has 1 rings (SSSR count). The molecule has 1 aliphatic rings. The zero-order valence-corrected chi connectivity index (χ0v) is 7.52. The van der Waals surface area contributed by atoms with Crippen LogP contribution >= 0.6 is 0 Å². The molecular weight excluding hydrogens is 141 g/mol. The van der Waals surface area contributed by atoms with Gasteiger partial charge in [-0.25, -0.2) is 4.39 Å². The van der Waals surface area contributed by atoms with E-state index in [0.717, 1.165) is 12.5 Å². The maximum atomic E-state index is 12.0. The van der Waals surface area contributed by atoms with Crippen molar-refractivity contribution in [3.05, 3.63) is 0 Å². The zero-order chi connectivity index (χ0) is 8.27. The van der Waals surface area contributed by atoms with Crippen LogP contribution in [0.1, 0.15) is 26.7 Å². The van der Waals surface area contributed by atoms with E-state index in [4.69, 9.17) is 0 Å². The first-order valence-electron chi connectivity index (χ1n) is 4.55. The quantitative estimate of drug-likeness (QED) is 0.596. The van der Waals surface area contributed by atoms with E-state index in [1.807, 2.05) is 0 Å². The van der Waals surface area contributed by atoms with Crippen LogP contribution in [0.4, 0.5) is 4.39 Å². The highest BCUT2D eigenvalue weighted by Gasteiger charge is 2.23. The third-order valence-corrected chi connectivity index (χ3v) is 2.88. The average Bonchev–Trinajstić information content (AvgIpc) is 1.99. The van der Waals surface area contributed by atoms with E-state index in [-0.39, 0.29) is 6.67 Å². The van der Waals surface area contributed by atoms with Crippen LogP contribution in [-0.2, 0) is 0 Å². The van der Waals surface area contributed by atoms with Crippen molar-refractivity contribution in [2.75, 3.05) is 19.8 Å². The van der Waals surface area contributed by atoms with Gasteiger partial charge in [-0.2, -0.15) is 0 Å². The van der Waals surface area contributed by atoms with Crippen molar-refractivity contribution in [1.29, 1.82) is 0 Å². The molecule has 2 atom stereocenters. The molecule has 1 fully saturated rings. The second kappa shape index (κ2) is 4.05. The van der Waals surface area contributed by atoms with Crippen molar-refractivity contribution in [3.8, 4) is 0 Å². The minimum absolute atomic E-state index is 0.197. The van der Waals surface area contributed by atoms with Gasteiger partial charge in [0.05, 0.1) is 0 Å². The molecule has 66 valence electrons. The topological polar surface area (TPSA) is 3.24 Å². The fourth-order valence-corrected chi connectivity index (χ4v) is 1.85. The fourth-order valence-electron chi connectivity index (χ4n) is 1.85. The van der Waals surface area contributed by atoms with Crippen molar-refractivity contribution in [2.24, 2.45) is 5.92 Å².